The predicted octanol–water partition coefficient (Wildman–Crippen LogP) is 4.23. The van der Waals surface area contributed by atoms with Crippen molar-refractivity contribution in [2.75, 3.05) is 11.9 Å². The van der Waals surface area contributed by atoms with Crippen molar-refractivity contribution in [3.63, 3.8) is 0 Å². The molecule has 4 heteroatoms. The van der Waals surface area contributed by atoms with Gasteiger partial charge in [-0.1, -0.05) is 44.2 Å². The van der Waals surface area contributed by atoms with Crippen LogP contribution in [-0.4, -0.2) is 11.7 Å². The molecule has 0 heterocycles. The summed E-state index contributed by atoms with van der Waals surface area (Å²) < 4.78 is 26.5. The second-order valence-electron chi connectivity index (χ2n) is 5.32. The summed E-state index contributed by atoms with van der Waals surface area (Å²) in [5.74, 6) is -1.41. The van der Waals surface area contributed by atoms with E-state index in [1.54, 1.807) is 0 Å². The highest BCUT2D eigenvalue weighted by Gasteiger charge is 2.11. The fraction of sp³-hybridized carbons (Fsp3) is 0.294. The molecule has 21 heavy (non-hydrogen) atoms. The number of hydrogen-bond donors (Lipinski definition) is 2. The molecular formula is C17H19F2NO. The van der Waals surface area contributed by atoms with Crippen molar-refractivity contribution in [1.29, 1.82) is 0 Å². The summed E-state index contributed by atoms with van der Waals surface area (Å²) in [6.07, 6.45) is -0.783. The topological polar surface area (TPSA) is 32.3 Å². The van der Waals surface area contributed by atoms with Crippen molar-refractivity contribution >= 4 is 5.69 Å². The van der Waals surface area contributed by atoms with Crippen LogP contribution in [-0.2, 0) is 0 Å². The lowest BCUT2D eigenvalue weighted by Gasteiger charge is -2.15. The van der Waals surface area contributed by atoms with Gasteiger partial charge in [-0.25, -0.2) is 8.78 Å². The molecule has 2 N–H and O–H groups in total. The molecule has 0 aliphatic carbocycles. The lowest BCUT2D eigenvalue weighted by Crippen LogP contribution is -2.13. The van der Waals surface area contributed by atoms with Gasteiger partial charge in [-0.3, -0.25) is 0 Å². The third-order valence-corrected chi connectivity index (χ3v) is 3.43. The van der Waals surface area contributed by atoms with Gasteiger partial charge in [0.25, 0.3) is 0 Å². The highest BCUT2D eigenvalue weighted by Crippen LogP contribution is 2.21. The first-order valence-electron chi connectivity index (χ1n) is 6.95. The first-order chi connectivity index (χ1) is 9.99. The maximum absolute atomic E-state index is 13.5. The summed E-state index contributed by atoms with van der Waals surface area (Å²) in [6.45, 7) is 4.31. The Morgan fingerprint density at radius 3 is 2.24 bits per heavy atom. The van der Waals surface area contributed by atoms with E-state index < -0.39 is 17.7 Å². The number of anilines is 1. The van der Waals surface area contributed by atoms with Crippen LogP contribution in [0.2, 0.25) is 0 Å². The zero-order chi connectivity index (χ0) is 15.4. The van der Waals surface area contributed by atoms with E-state index in [0.717, 1.165) is 11.6 Å². The van der Waals surface area contributed by atoms with Gasteiger partial charge in [-0.15, -0.1) is 0 Å². The molecule has 1 unspecified atom stereocenters. The molecule has 0 spiro atoms. The molecule has 112 valence electrons. The fourth-order valence-corrected chi connectivity index (χ4v) is 2.07. The Balaban J connectivity index is 2.01. The average Bonchev–Trinajstić information content (AvgIpc) is 2.48. The van der Waals surface area contributed by atoms with E-state index in [2.05, 4.69) is 19.2 Å². The quantitative estimate of drug-likeness (QED) is 0.864. The van der Waals surface area contributed by atoms with Crippen LogP contribution in [0.5, 0.6) is 0 Å². The minimum absolute atomic E-state index is 0.0489. The average molecular weight is 291 g/mol. The molecule has 2 aromatic rings. The standard InChI is InChI=1S/C17H19F2NO/c1-11(2)12-6-8-13(9-7-12)16(21)10-20-15-5-3-4-14(18)17(15)19/h3-9,11,16,20-21H,10H2,1-2H3. The molecule has 1 atom stereocenters. The van der Waals surface area contributed by atoms with Crippen LogP contribution in [0.25, 0.3) is 0 Å². The maximum atomic E-state index is 13.5. The number of aliphatic hydroxyl groups is 1. The van der Waals surface area contributed by atoms with Gasteiger partial charge in [-0.05, 0) is 29.2 Å². The summed E-state index contributed by atoms with van der Waals surface area (Å²) in [5, 5.41) is 12.8. The Labute approximate surface area is 123 Å². The second kappa shape index (κ2) is 6.68. The number of aliphatic hydroxyl groups excluding tert-OH is 1. The van der Waals surface area contributed by atoms with Crippen LogP contribution in [0.4, 0.5) is 14.5 Å². The van der Waals surface area contributed by atoms with Crippen molar-refractivity contribution in [3.8, 4) is 0 Å². The Bertz CT molecular complexity index is 596. The molecule has 0 aromatic heterocycles. The molecule has 2 aromatic carbocycles. The van der Waals surface area contributed by atoms with Crippen molar-refractivity contribution in [2.24, 2.45) is 0 Å². The first-order valence-corrected chi connectivity index (χ1v) is 6.95. The van der Waals surface area contributed by atoms with E-state index in [4.69, 9.17) is 0 Å². The minimum atomic E-state index is -0.931. The molecular weight excluding hydrogens is 272 g/mol. The van der Waals surface area contributed by atoms with Crippen molar-refractivity contribution < 1.29 is 13.9 Å². The summed E-state index contributed by atoms with van der Waals surface area (Å²) in [7, 11) is 0. The van der Waals surface area contributed by atoms with E-state index in [9.17, 15) is 13.9 Å². The number of hydrogen-bond acceptors (Lipinski definition) is 2. The minimum Gasteiger partial charge on any atom is -0.387 e. The molecule has 0 bridgehead atoms. The van der Waals surface area contributed by atoms with E-state index in [0.29, 0.717) is 5.92 Å². The SMILES string of the molecule is CC(C)c1ccc(C(O)CNc2cccc(F)c2F)cc1. The van der Waals surface area contributed by atoms with Gasteiger partial charge >= 0.3 is 0 Å². The first kappa shape index (κ1) is 15.4. The number of halogens is 2. The summed E-state index contributed by atoms with van der Waals surface area (Å²) >= 11 is 0. The molecule has 0 radical (unpaired) electrons. The zero-order valence-corrected chi connectivity index (χ0v) is 12.1. The molecule has 0 saturated carbocycles. The number of nitrogens with one attached hydrogen (secondary N) is 1. The zero-order valence-electron chi connectivity index (χ0n) is 12.1. The Morgan fingerprint density at radius 1 is 1.00 bits per heavy atom. The van der Waals surface area contributed by atoms with Gasteiger partial charge in [0, 0.05) is 6.54 Å². The van der Waals surface area contributed by atoms with Crippen molar-refractivity contribution in [1.82, 2.24) is 0 Å². The van der Waals surface area contributed by atoms with E-state index >= 15 is 0 Å². The number of rotatable bonds is 5. The Morgan fingerprint density at radius 2 is 1.62 bits per heavy atom. The number of benzene rings is 2. The maximum Gasteiger partial charge on any atom is 0.181 e. The van der Waals surface area contributed by atoms with Crippen LogP contribution in [0, 0.1) is 11.6 Å². The summed E-state index contributed by atoms with van der Waals surface area (Å²) in [4.78, 5) is 0. The van der Waals surface area contributed by atoms with Gasteiger partial charge < -0.3 is 10.4 Å². The fourth-order valence-electron chi connectivity index (χ4n) is 2.07. The normalized spacial score (nSPS) is 12.5. The van der Waals surface area contributed by atoms with Crippen LogP contribution >= 0.6 is 0 Å². The molecule has 0 amide bonds. The summed E-state index contributed by atoms with van der Waals surface area (Å²) in [5.41, 5.74) is 1.98. The smallest absolute Gasteiger partial charge is 0.181 e. The van der Waals surface area contributed by atoms with E-state index in [1.807, 2.05) is 24.3 Å². The lowest BCUT2D eigenvalue weighted by atomic mass is 10.00. The third-order valence-electron chi connectivity index (χ3n) is 3.43. The highest BCUT2D eigenvalue weighted by atomic mass is 19.2. The Hall–Kier alpha value is -1.94. The van der Waals surface area contributed by atoms with Crippen LogP contribution in [0.3, 0.4) is 0 Å². The monoisotopic (exact) mass is 291 g/mol. The molecule has 0 saturated heterocycles. The Kier molecular flexibility index (Phi) is 4.91. The second-order valence-corrected chi connectivity index (χ2v) is 5.32. The highest BCUT2D eigenvalue weighted by molar-refractivity contribution is 5.45. The van der Waals surface area contributed by atoms with Crippen LogP contribution < -0.4 is 5.32 Å². The van der Waals surface area contributed by atoms with E-state index in [-0.39, 0.29) is 12.2 Å². The van der Waals surface area contributed by atoms with E-state index in [1.165, 1.54) is 17.7 Å². The van der Waals surface area contributed by atoms with Gasteiger partial charge in [0.1, 0.15) is 0 Å². The van der Waals surface area contributed by atoms with Crippen molar-refractivity contribution in [3.05, 3.63) is 65.2 Å². The molecule has 2 rings (SSSR count). The molecule has 2 nitrogen and oxygen atoms in total. The molecule has 0 aliphatic rings. The third kappa shape index (κ3) is 3.79. The van der Waals surface area contributed by atoms with Crippen molar-refractivity contribution in [2.45, 2.75) is 25.9 Å². The van der Waals surface area contributed by atoms with Gasteiger partial charge in [0.05, 0.1) is 11.8 Å². The van der Waals surface area contributed by atoms with Crippen LogP contribution in [0.1, 0.15) is 37.0 Å². The predicted molar refractivity (Wildman–Crippen MR) is 80.3 cm³/mol. The van der Waals surface area contributed by atoms with Gasteiger partial charge in [-0.2, -0.15) is 0 Å². The van der Waals surface area contributed by atoms with Gasteiger partial charge in [0.15, 0.2) is 11.6 Å². The largest absolute Gasteiger partial charge is 0.387 e. The molecule has 0 aliphatic heterocycles. The van der Waals surface area contributed by atoms with Gasteiger partial charge in [0.2, 0.25) is 0 Å². The van der Waals surface area contributed by atoms with Crippen LogP contribution in [0.15, 0.2) is 42.5 Å². The lowest BCUT2D eigenvalue weighted by molar-refractivity contribution is 0.191. The summed E-state index contributed by atoms with van der Waals surface area (Å²) in [6, 6.07) is 11.5. The molecule has 0 fully saturated rings.